The van der Waals surface area contributed by atoms with Crippen LogP contribution in [0.1, 0.15) is 18.5 Å². The summed E-state index contributed by atoms with van der Waals surface area (Å²) in [6.45, 7) is 1.62. The fourth-order valence-electron chi connectivity index (χ4n) is 3.72. The van der Waals surface area contributed by atoms with Crippen LogP contribution in [0.4, 0.5) is 5.69 Å². The summed E-state index contributed by atoms with van der Waals surface area (Å²) in [5.41, 5.74) is 1.08. The minimum atomic E-state index is -3.96. The lowest BCUT2D eigenvalue weighted by Crippen LogP contribution is -2.51. The zero-order chi connectivity index (χ0) is 23.6. The molecule has 0 unspecified atom stereocenters. The van der Waals surface area contributed by atoms with Crippen molar-refractivity contribution >= 4 is 33.2 Å². The van der Waals surface area contributed by atoms with E-state index in [1.165, 1.54) is 22.5 Å². The molecular weight excluding hydrogens is 464 g/mol. The lowest BCUT2D eigenvalue weighted by Gasteiger charge is -2.35. The SMILES string of the molecule is COc1ccccc1[C@@H](C)NC(=O)[C@@H]1CN(S(=O)(=O)c2ccccc2)c2cc(Cl)ccc2O1. The molecule has 33 heavy (non-hydrogen) atoms. The Labute approximate surface area is 197 Å². The van der Waals surface area contributed by atoms with Crippen molar-refractivity contribution < 1.29 is 22.7 Å². The molecule has 0 aromatic heterocycles. The third kappa shape index (κ3) is 4.62. The van der Waals surface area contributed by atoms with Crippen LogP contribution in [0.25, 0.3) is 0 Å². The number of sulfonamides is 1. The van der Waals surface area contributed by atoms with E-state index in [0.717, 1.165) is 5.56 Å². The second-order valence-corrected chi connectivity index (χ2v) is 9.84. The molecule has 1 aliphatic rings. The summed E-state index contributed by atoms with van der Waals surface area (Å²) in [4.78, 5) is 13.3. The van der Waals surface area contributed by atoms with Gasteiger partial charge in [0.05, 0.1) is 30.3 Å². The number of fused-ring (bicyclic) bond motifs is 1. The number of hydrogen-bond donors (Lipinski definition) is 1. The number of carbonyl (C=O) groups excluding carboxylic acids is 1. The Bertz CT molecular complexity index is 1270. The third-order valence-corrected chi connectivity index (χ3v) is 7.41. The number of para-hydroxylation sites is 1. The molecule has 4 rings (SSSR count). The van der Waals surface area contributed by atoms with E-state index >= 15 is 0 Å². The molecule has 172 valence electrons. The van der Waals surface area contributed by atoms with Crippen LogP contribution < -0.4 is 19.1 Å². The first kappa shape index (κ1) is 22.9. The zero-order valence-corrected chi connectivity index (χ0v) is 19.6. The second-order valence-electron chi connectivity index (χ2n) is 7.54. The normalized spacial score (nSPS) is 16.3. The second kappa shape index (κ2) is 9.33. The molecule has 2 atom stereocenters. The van der Waals surface area contributed by atoms with Crippen molar-refractivity contribution in [2.45, 2.75) is 24.0 Å². The predicted octanol–water partition coefficient (Wildman–Crippen LogP) is 4.18. The molecule has 0 fully saturated rings. The summed E-state index contributed by atoms with van der Waals surface area (Å²) in [6.07, 6.45) is -1.06. The average Bonchev–Trinajstić information content (AvgIpc) is 2.83. The quantitative estimate of drug-likeness (QED) is 0.565. The predicted molar refractivity (Wildman–Crippen MR) is 126 cm³/mol. The molecule has 7 nitrogen and oxygen atoms in total. The number of benzene rings is 3. The lowest BCUT2D eigenvalue weighted by atomic mass is 10.1. The first-order chi connectivity index (χ1) is 15.8. The summed E-state index contributed by atoms with van der Waals surface area (Å²) in [5.74, 6) is 0.459. The molecule has 0 bridgehead atoms. The van der Waals surface area contributed by atoms with Gasteiger partial charge in [0, 0.05) is 10.6 Å². The van der Waals surface area contributed by atoms with Gasteiger partial charge in [0.15, 0.2) is 6.10 Å². The number of ether oxygens (including phenoxy) is 2. The smallest absolute Gasteiger partial charge is 0.264 e. The summed E-state index contributed by atoms with van der Waals surface area (Å²) in [7, 11) is -2.39. The average molecular weight is 487 g/mol. The number of rotatable bonds is 6. The van der Waals surface area contributed by atoms with Crippen LogP contribution >= 0.6 is 11.6 Å². The van der Waals surface area contributed by atoms with E-state index in [9.17, 15) is 13.2 Å². The molecule has 0 radical (unpaired) electrons. The van der Waals surface area contributed by atoms with Gasteiger partial charge in [0.2, 0.25) is 0 Å². The number of hydrogen-bond acceptors (Lipinski definition) is 5. The Kier molecular flexibility index (Phi) is 6.49. The van der Waals surface area contributed by atoms with E-state index in [1.807, 2.05) is 31.2 Å². The van der Waals surface area contributed by atoms with E-state index < -0.39 is 22.0 Å². The Morgan fingerprint density at radius 3 is 2.55 bits per heavy atom. The summed E-state index contributed by atoms with van der Waals surface area (Å²) in [6, 6.07) is 19.7. The fourth-order valence-corrected chi connectivity index (χ4v) is 5.37. The maximum Gasteiger partial charge on any atom is 0.264 e. The van der Waals surface area contributed by atoms with Crippen LogP contribution in [0, 0.1) is 0 Å². The topological polar surface area (TPSA) is 84.9 Å². The summed E-state index contributed by atoms with van der Waals surface area (Å²) >= 11 is 6.13. The number of methoxy groups -OCH3 is 1. The highest BCUT2D eigenvalue weighted by molar-refractivity contribution is 7.92. The first-order valence-corrected chi connectivity index (χ1v) is 12.1. The number of anilines is 1. The molecule has 3 aromatic rings. The number of nitrogens with one attached hydrogen (secondary N) is 1. The molecule has 0 saturated heterocycles. The van der Waals surface area contributed by atoms with Crippen molar-refractivity contribution in [2.24, 2.45) is 0 Å². The molecule has 9 heteroatoms. The van der Waals surface area contributed by atoms with E-state index in [1.54, 1.807) is 37.4 Å². The van der Waals surface area contributed by atoms with Gasteiger partial charge in [0.1, 0.15) is 11.5 Å². The van der Waals surface area contributed by atoms with Crippen molar-refractivity contribution in [1.29, 1.82) is 0 Å². The standard InChI is InChI=1S/C24H23ClN2O5S/c1-16(19-10-6-7-11-21(19)31-2)26-24(28)23-15-27(20-14-17(25)12-13-22(20)32-23)33(29,30)18-8-4-3-5-9-18/h3-14,16,23H,15H2,1-2H3,(H,26,28)/t16-,23+/m1/s1. The molecule has 0 spiro atoms. The van der Waals surface area contributed by atoms with Gasteiger partial charge < -0.3 is 14.8 Å². The molecule has 1 amide bonds. The van der Waals surface area contributed by atoms with Gasteiger partial charge in [-0.1, -0.05) is 48.0 Å². The van der Waals surface area contributed by atoms with E-state index in [2.05, 4.69) is 5.32 Å². The van der Waals surface area contributed by atoms with Crippen LogP contribution in [0.5, 0.6) is 11.5 Å². The fraction of sp³-hybridized carbons (Fsp3) is 0.208. The van der Waals surface area contributed by atoms with E-state index in [4.69, 9.17) is 21.1 Å². The van der Waals surface area contributed by atoms with Gasteiger partial charge in [-0.05, 0) is 43.3 Å². The first-order valence-electron chi connectivity index (χ1n) is 10.3. The maximum absolute atomic E-state index is 13.4. The van der Waals surface area contributed by atoms with Crippen molar-refractivity contribution in [2.75, 3.05) is 18.0 Å². The van der Waals surface area contributed by atoms with Crippen LogP contribution in [0.3, 0.4) is 0 Å². The van der Waals surface area contributed by atoms with Gasteiger partial charge in [-0.2, -0.15) is 0 Å². The van der Waals surface area contributed by atoms with Gasteiger partial charge in [0.25, 0.3) is 15.9 Å². The van der Waals surface area contributed by atoms with Crippen molar-refractivity contribution in [3.05, 3.63) is 83.4 Å². The summed E-state index contributed by atoms with van der Waals surface area (Å²) in [5, 5.41) is 3.26. The zero-order valence-electron chi connectivity index (χ0n) is 18.1. The Morgan fingerprint density at radius 2 is 1.82 bits per heavy atom. The monoisotopic (exact) mass is 486 g/mol. The van der Waals surface area contributed by atoms with Crippen molar-refractivity contribution in [3.8, 4) is 11.5 Å². The number of carbonyl (C=O) groups is 1. The van der Waals surface area contributed by atoms with Crippen LogP contribution in [-0.4, -0.2) is 34.1 Å². The largest absolute Gasteiger partial charge is 0.496 e. The van der Waals surface area contributed by atoms with Gasteiger partial charge in [-0.15, -0.1) is 0 Å². The Balaban J connectivity index is 1.64. The highest BCUT2D eigenvalue weighted by atomic mass is 35.5. The van der Waals surface area contributed by atoms with E-state index in [-0.39, 0.29) is 28.9 Å². The molecule has 1 N–H and O–H groups in total. The Morgan fingerprint density at radius 1 is 1.12 bits per heavy atom. The number of amides is 1. The number of halogens is 1. The van der Waals surface area contributed by atoms with E-state index in [0.29, 0.717) is 10.8 Å². The molecule has 0 aliphatic carbocycles. The molecule has 3 aromatic carbocycles. The highest BCUT2D eigenvalue weighted by Gasteiger charge is 2.38. The highest BCUT2D eigenvalue weighted by Crippen LogP contribution is 2.39. The van der Waals surface area contributed by atoms with Crippen molar-refractivity contribution in [3.63, 3.8) is 0 Å². The minimum absolute atomic E-state index is 0.111. The van der Waals surface area contributed by atoms with Crippen LogP contribution in [-0.2, 0) is 14.8 Å². The van der Waals surface area contributed by atoms with Crippen LogP contribution in [0.2, 0.25) is 5.02 Å². The van der Waals surface area contributed by atoms with Crippen molar-refractivity contribution in [1.82, 2.24) is 5.32 Å². The third-order valence-electron chi connectivity index (χ3n) is 5.38. The Hall–Kier alpha value is -3.23. The maximum atomic E-state index is 13.4. The van der Waals surface area contributed by atoms with Crippen LogP contribution in [0.15, 0.2) is 77.7 Å². The lowest BCUT2D eigenvalue weighted by molar-refractivity contribution is -0.128. The van der Waals surface area contributed by atoms with Gasteiger partial charge >= 0.3 is 0 Å². The molecule has 1 heterocycles. The molecule has 0 saturated carbocycles. The molecular formula is C24H23ClN2O5S. The molecule has 1 aliphatic heterocycles. The van der Waals surface area contributed by atoms with Gasteiger partial charge in [-0.25, -0.2) is 8.42 Å². The number of nitrogens with zero attached hydrogens (tertiary/aromatic N) is 1. The van der Waals surface area contributed by atoms with Gasteiger partial charge in [-0.3, -0.25) is 9.10 Å². The summed E-state index contributed by atoms with van der Waals surface area (Å²) < 4.78 is 39.3. The minimum Gasteiger partial charge on any atom is -0.496 e.